The van der Waals surface area contributed by atoms with Crippen LogP contribution in [-0.4, -0.2) is 22.3 Å². The Kier molecular flexibility index (Phi) is 5.25. The SMILES string of the molecule is O=C(COc1ccc2ccc(=O)oc2c1)NCc1ccn(-c2c(F)cccc2F)n1. The number of rotatable bonds is 6. The highest BCUT2D eigenvalue weighted by atomic mass is 19.1. The van der Waals surface area contributed by atoms with Gasteiger partial charge in [0.05, 0.1) is 12.2 Å². The number of hydrogen-bond donors (Lipinski definition) is 1. The smallest absolute Gasteiger partial charge is 0.336 e. The van der Waals surface area contributed by atoms with Crippen LogP contribution >= 0.6 is 0 Å². The van der Waals surface area contributed by atoms with Gasteiger partial charge in [-0.3, -0.25) is 4.79 Å². The third-order valence-corrected chi connectivity index (χ3v) is 4.24. The minimum absolute atomic E-state index is 0.0534. The first-order chi connectivity index (χ1) is 14.5. The van der Waals surface area contributed by atoms with Gasteiger partial charge in [0.1, 0.15) is 17.0 Å². The number of amides is 1. The molecule has 0 bridgehead atoms. The van der Waals surface area contributed by atoms with Gasteiger partial charge in [-0.2, -0.15) is 5.10 Å². The van der Waals surface area contributed by atoms with Crippen LogP contribution < -0.4 is 15.7 Å². The number of benzene rings is 2. The maximum atomic E-state index is 13.8. The van der Waals surface area contributed by atoms with Crippen molar-refractivity contribution in [2.75, 3.05) is 6.61 Å². The minimum Gasteiger partial charge on any atom is -0.484 e. The molecule has 0 fully saturated rings. The summed E-state index contributed by atoms with van der Waals surface area (Å²) < 4.78 is 39.2. The fourth-order valence-electron chi connectivity index (χ4n) is 2.81. The molecule has 2 heterocycles. The fourth-order valence-corrected chi connectivity index (χ4v) is 2.81. The van der Waals surface area contributed by atoms with Crippen LogP contribution in [0.3, 0.4) is 0 Å². The lowest BCUT2D eigenvalue weighted by Gasteiger charge is -2.07. The van der Waals surface area contributed by atoms with Crippen LogP contribution in [0.4, 0.5) is 8.78 Å². The summed E-state index contributed by atoms with van der Waals surface area (Å²) in [6, 6.07) is 12.9. The van der Waals surface area contributed by atoms with E-state index in [-0.39, 0.29) is 18.8 Å². The Morgan fingerprint density at radius 1 is 1.10 bits per heavy atom. The lowest BCUT2D eigenvalue weighted by Crippen LogP contribution is -2.28. The average molecular weight is 411 g/mol. The second-order valence-corrected chi connectivity index (χ2v) is 6.34. The number of nitrogens with zero attached hydrogens (tertiary/aromatic N) is 2. The van der Waals surface area contributed by atoms with Gasteiger partial charge in [0.25, 0.3) is 5.91 Å². The van der Waals surface area contributed by atoms with E-state index in [1.54, 1.807) is 24.3 Å². The first kappa shape index (κ1) is 19.3. The van der Waals surface area contributed by atoms with Crippen LogP contribution in [0, 0.1) is 11.6 Å². The summed E-state index contributed by atoms with van der Waals surface area (Å²) in [5.74, 6) is -1.54. The summed E-state index contributed by atoms with van der Waals surface area (Å²) in [6.07, 6.45) is 1.41. The highest BCUT2D eigenvalue weighted by molar-refractivity contribution is 5.79. The quantitative estimate of drug-likeness (QED) is 0.493. The van der Waals surface area contributed by atoms with Gasteiger partial charge in [-0.05, 0) is 36.4 Å². The molecular formula is C21H15F2N3O4. The third-order valence-electron chi connectivity index (χ3n) is 4.24. The standard InChI is InChI=1S/C21H15F2N3O4/c22-16-2-1-3-17(23)21(16)26-9-8-14(25-26)11-24-19(27)12-29-15-6-4-13-5-7-20(28)30-18(13)10-15/h1-10H,11-12H2,(H,24,27). The summed E-state index contributed by atoms with van der Waals surface area (Å²) in [5, 5.41) is 7.41. The minimum atomic E-state index is -0.742. The molecule has 0 radical (unpaired) electrons. The van der Waals surface area contributed by atoms with Gasteiger partial charge in [-0.1, -0.05) is 6.07 Å². The Labute approximate surface area is 168 Å². The summed E-state index contributed by atoms with van der Waals surface area (Å²) in [7, 11) is 0. The van der Waals surface area contributed by atoms with Crippen LogP contribution in [0.15, 0.2) is 70.0 Å². The Hall–Kier alpha value is -4.01. The molecule has 2 aromatic heterocycles. The Morgan fingerprint density at radius 2 is 1.87 bits per heavy atom. The zero-order chi connectivity index (χ0) is 21.1. The number of nitrogens with one attached hydrogen (secondary N) is 1. The number of halogens is 2. The maximum Gasteiger partial charge on any atom is 0.336 e. The second-order valence-electron chi connectivity index (χ2n) is 6.34. The number of hydrogen-bond acceptors (Lipinski definition) is 5. The molecule has 0 saturated carbocycles. The Balaban J connectivity index is 1.34. The Morgan fingerprint density at radius 3 is 2.67 bits per heavy atom. The first-order valence-electron chi connectivity index (χ1n) is 8.92. The van der Waals surface area contributed by atoms with Crippen LogP contribution in [0.5, 0.6) is 5.75 Å². The number of para-hydroxylation sites is 1. The fraction of sp³-hybridized carbons (Fsp3) is 0.0952. The van der Waals surface area contributed by atoms with Crippen molar-refractivity contribution in [3.05, 3.63) is 88.5 Å². The van der Waals surface area contributed by atoms with Crippen molar-refractivity contribution in [2.45, 2.75) is 6.54 Å². The van der Waals surface area contributed by atoms with E-state index in [9.17, 15) is 18.4 Å². The van der Waals surface area contributed by atoms with E-state index < -0.39 is 23.2 Å². The molecule has 0 saturated heterocycles. The Bertz CT molecular complexity index is 1260. The van der Waals surface area contributed by atoms with Crippen molar-refractivity contribution in [1.82, 2.24) is 15.1 Å². The molecule has 0 aliphatic rings. The van der Waals surface area contributed by atoms with Crippen molar-refractivity contribution < 1.29 is 22.7 Å². The lowest BCUT2D eigenvalue weighted by atomic mass is 10.2. The first-order valence-corrected chi connectivity index (χ1v) is 8.92. The molecule has 0 atom stereocenters. The van der Waals surface area contributed by atoms with E-state index in [1.807, 2.05) is 0 Å². The summed E-state index contributed by atoms with van der Waals surface area (Å²) in [6.45, 7) is -0.219. The molecule has 4 aromatic rings. The van der Waals surface area contributed by atoms with Crippen LogP contribution in [-0.2, 0) is 11.3 Å². The van der Waals surface area contributed by atoms with Gasteiger partial charge >= 0.3 is 5.63 Å². The van der Waals surface area contributed by atoms with Crippen molar-refractivity contribution >= 4 is 16.9 Å². The van der Waals surface area contributed by atoms with Crippen molar-refractivity contribution in [2.24, 2.45) is 0 Å². The van der Waals surface area contributed by atoms with Crippen molar-refractivity contribution in [3.63, 3.8) is 0 Å². The molecule has 1 N–H and O–H groups in total. The lowest BCUT2D eigenvalue weighted by molar-refractivity contribution is -0.123. The molecule has 0 aliphatic carbocycles. The van der Waals surface area contributed by atoms with Gasteiger partial charge in [0.15, 0.2) is 18.2 Å². The van der Waals surface area contributed by atoms with Crippen LogP contribution in [0.25, 0.3) is 16.7 Å². The van der Waals surface area contributed by atoms with Gasteiger partial charge in [0, 0.05) is 23.7 Å². The molecule has 7 nitrogen and oxygen atoms in total. The van der Waals surface area contributed by atoms with E-state index in [1.165, 1.54) is 24.4 Å². The zero-order valence-electron chi connectivity index (χ0n) is 15.5. The predicted octanol–water partition coefficient (Wildman–Crippen LogP) is 2.95. The van der Waals surface area contributed by atoms with E-state index in [0.29, 0.717) is 17.0 Å². The maximum absolute atomic E-state index is 13.8. The number of carbonyl (C=O) groups is 1. The molecule has 0 unspecified atom stereocenters. The number of carbonyl (C=O) groups excluding carboxylic acids is 1. The topological polar surface area (TPSA) is 86.4 Å². The monoisotopic (exact) mass is 411 g/mol. The third kappa shape index (κ3) is 4.19. The molecule has 152 valence electrons. The molecule has 9 heteroatoms. The largest absolute Gasteiger partial charge is 0.484 e. The van der Waals surface area contributed by atoms with E-state index in [4.69, 9.17) is 9.15 Å². The second kappa shape index (κ2) is 8.16. The van der Waals surface area contributed by atoms with Crippen molar-refractivity contribution in [1.29, 1.82) is 0 Å². The van der Waals surface area contributed by atoms with E-state index in [0.717, 1.165) is 22.2 Å². The van der Waals surface area contributed by atoms with Crippen LogP contribution in [0.1, 0.15) is 5.69 Å². The van der Waals surface area contributed by atoms with E-state index in [2.05, 4.69) is 10.4 Å². The molecule has 0 aliphatic heterocycles. The number of aromatic nitrogens is 2. The van der Waals surface area contributed by atoms with Gasteiger partial charge in [-0.25, -0.2) is 18.3 Å². The highest BCUT2D eigenvalue weighted by Crippen LogP contribution is 2.19. The summed E-state index contributed by atoms with van der Waals surface area (Å²) in [4.78, 5) is 23.3. The van der Waals surface area contributed by atoms with E-state index >= 15 is 0 Å². The van der Waals surface area contributed by atoms with Gasteiger partial charge < -0.3 is 14.5 Å². The zero-order valence-corrected chi connectivity index (χ0v) is 15.5. The highest BCUT2D eigenvalue weighted by Gasteiger charge is 2.12. The average Bonchev–Trinajstić information content (AvgIpc) is 3.18. The molecule has 4 rings (SSSR count). The molecule has 30 heavy (non-hydrogen) atoms. The summed E-state index contributed by atoms with van der Waals surface area (Å²) >= 11 is 0. The molecule has 1 amide bonds. The normalized spacial score (nSPS) is 10.9. The number of fused-ring (bicyclic) bond motifs is 1. The summed E-state index contributed by atoms with van der Waals surface area (Å²) in [5.41, 5.74) is -0.00160. The van der Waals surface area contributed by atoms with Crippen LogP contribution in [0.2, 0.25) is 0 Å². The van der Waals surface area contributed by atoms with Gasteiger partial charge in [-0.15, -0.1) is 0 Å². The van der Waals surface area contributed by atoms with Crippen molar-refractivity contribution in [3.8, 4) is 11.4 Å². The molecular weight excluding hydrogens is 396 g/mol. The predicted molar refractivity (Wildman–Crippen MR) is 103 cm³/mol. The molecule has 0 spiro atoms. The number of ether oxygens (including phenoxy) is 1. The van der Waals surface area contributed by atoms with Gasteiger partial charge in [0.2, 0.25) is 0 Å². The molecule has 2 aromatic carbocycles.